The maximum absolute atomic E-state index is 12.9. The molecule has 1 amide bonds. The number of carbonyl (C=O) groups is 2. The van der Waals surface area contributed by atoms with Crippen LogP contribution in [0.2, 0.25) is 0 Å². The Morgan fingerprint density at radius 3 is 2.23 bits per heavy atom. The summed E-state index contributed by atoms with van der Waals surface area (Å²) in [6.45, 7) is 1.19. The van der Waals surface area contributed by atoms with Gasteiger partial charge >= 0.3 is 5.97 Å². The van der Waals surface area contributed by atoms with Gasteiger partial charge in [-0.3, -0.25) is 14.9 Å². The van der Waals surface area contributed by atoms with Crippen molar-refractivity contribution in [3.05, 3.63) is 147 Å². The zero-order chi connectivity index (χ0) is 30.9. The van der Waals surface area contributed by atoms with Crippen molar-refractivity contribution in [3.63, 3.8) is 0 Å². The first-order valence-electron chi connectivity index (χ1n) is 14.0. The highest BCUT2D eigenvalue weighted by Crippen LogP contribution is 2.30. The minimum atomic E-state index is -1.10. The van der Waals surface area contributed by atoms with Crippen LogP contribution in [0.5, 0.6) is 0 Å². The smallest absolute Gasteiger partial charge is 0.326 e. The number of nitro groups is 1. The third kappa shape index (κ3) is 7.93. The number of amides is 1. The summed E-state index contributed by atoms with van der Waals surface area (Å²) in [5, 5.41) is 26.2. The zero-order valence-corrected chi connectivity index (χ0v) is 24.5. The first-order chi connectivity index (χ1) is 21.4. The molecule has 0 aliphatic heterocycles. The van der Waals surface area contributed by atoms with Gasteiger partial charge in [0.2, 0.25) is 0 Å². The van der Waals surface area contributed by atoms with E-state index in [4.69, 9.17) is 4.98 Å². The second-order valence-electron chi connectivity index (χ2n) is 10.2. The van der Waals surface area contributed by atoms with Crippen molar-refractivity contribution in [3.8, 4) is 11.3 Å². The molecule has 1 atom stereocenters. The second kappa shape index (κ2) is 14.2. The zero-order valence-electron chi connectivity index (χ0n) is 23.7. The van der Waals surface area contributed by atoms with E-state index in [0.29, 0.717) is 29.9 Å². The molecule has 222 valence electrons. The fourth-order valence-electron chi connectivity index (χ4n) is 4.75. The number of aromatic nitrogens is 1. The number of benzene rings is 4. The summed E-state index contributed by atoms with van der Waals surface area (Å²) >= 11 is 1.46. The number of aliphatic carboxylic acids is 1. The SMILES string of the molecule is O=C(NC(Cc1ccccc1)C(=O)O)c1ccc(CN(CCc2ccccc2)c2nc(-c3cccc([N+](=O)[O-])c3)cs2)cc1. The normalized spacial score (nSPS) is 11.5. The molecule has 1 unspecified atom stereocenters. The van der Waals surface area contributed by atoms with Crippen molar-refractivity contribution in [1.82, 2.24) is 10.3 Å². The number of carboxylic acid groups (broad SMARTS) is 1. The van der Waals surface area contributed by atoms with E-state index in [1.54, 1.807) is 24.3 Å². The summed E-state index contributed by atoms with van der Waals surface area (Å²) in [5.74, 6) is -1.55. The second-order valence-corrected chi connectivity index (χ2v) is 11.1. The van der Waals surface area contributed by atoms with Crippen molar-refractivity contribution in [1.29, 1.82) is 0 Å². The highest BCUT2D eigenvalue weighted by Gasteiger charge is 2.21. The standard InChI is InChI=1S/C34H30N4O5S/c39-32(35-30(33(40)41)20-25-10-5-2-6-11-25)27-16-14-26(15-17-27)22-37(19-18-24-8-3-1-4-9-24)34-36-31(23-44-34)28-12-7-13-29(21-28)38(42)43/h1-17,21,23,30H,18-20,22H2,(H,35,39)(H,40,41). The van der Waals surface area contributed by atoms with Gasteiger partial charge in [0.25, 0.3) is 11.6 Å². The topological polar surface area (TPSA) is 126 Å². The van der Waals surface area contributed by atoms with Gasteiger partial charge in [0, 0.05) is 48.2 Å². The molecule has 0 bridgehead atoms. The summed E-state index contributed by atoms with van der Waals surface area (Å²) in [7, 11) is 0. The van der Waals surface area contributed by atoms with E-state index in [9.17, 15) is 24.8 Å². The summed E-state index contributed by atoms with van der Waals surface area (Å²) in [5.41, 5.74) is 4.66. The van der Waals surface area contributed by atoms with E-state index >= 15 is 0 Å². The monoisotopic (exact) mass is 606 g/mol. The summed E-state index contributed by atoms with van der Waals surface area (Å²) in [6.07, 6.45) is 0.966. The van der Waals surface area contributed by atoms with Gasteiger partial charge < -0.3 is 15.3 Å². The summed E-state index contributed by atoms with van der Waals surface area (Å²) in [4.78, 5) is 42.6. The number of hydrogen-bond donors (Lipinski definition) is 2. The number of nitrogens with one attached hydrogen (secondary N) is 1. The van der Waals surface area contributed by atoms with Gasteiger partial charge in [-0.25, -0.2) is 9.78 Å². The Morgan fingerprint density at radius 1 is 0.886 bits per heavy atom. The Morgan fingerprint density at radius 2 is 1.57 bits per heavy atom. The third-order valence-electron chi connectivity index (χ3n) is 7.10. The molecule has 5 aromatic rings. The first kappa shape index (κ1) is 30.1. The summed E-state index contributed by atoms with van der Waals surface area (Å²) in [6, 6.07) is 31.8. The Labute approximate surface area is 258 Å². The predicted molar refractivity (Wildman–Crippen MR) is 171 cm³/mol. The van der Waals surface area contributed by atoms with Crippen LogP contribution < -0.4 is 10.2 Å². The molecular weight excluding hydrogens is 576 g/mol. The molecule has 0 aliphatic carbocycles. The first-order valence-corrected chi connectivity index (χ1v) is 14.9. The van der Waals surface area contributed by atoms with E-state index in [1.807, 2.05) is 66.0 Å². The van der Waals surface area contributed by atoms with E-state index in [2.05, 4.69) is 22.3 Å². The van der Waals surface area contributed by atoms with Crippen molar-refractivity contribution >= 4 is 34.0 Å². The van der Waals surface area contributed by atoms with Crippen molar-refractivity contribution in [2.75, 3.05) is 11.4 Å². The Hall–Kier alpha value is -5.35. The highest BCUT2D eigenvalue weighted by molar-refractivity contribution is 7.14. The third-order valence-corrected chi connectivity index (χ3v) is 8.01. The molecule has 0 radical (unpaired) electrons. The average Bonchev–Trinajstić information content (AvgIpc) is 3.54. The molecule has 1 heterocycles. The summed E-state index contributed by atoms with van der Waals surface area (Å²) < 4.78 is 0. The molecule has 0 aliphatic rings. The fourth-order valence-corrected chi connectivity index (χ4v) is 5.61. The van der Waals surface area contributed by atoms with E-state index in [1.165, 1.54) is 29.0 Å². The van der Waals surface area contributed by atoms with Crippen molar-refractivity contribution in [2.45, 2.75) is 25.4 Å². The van der Waals surface area contributed by atoms with Gasteiger partial charge in [0.1, 0.15) is 6.04 Å². The van der Waals surface area contributed by atoms with Crippen LogP contribution >= 0.6 is 11.3 Å². The molecule has 0 fully saturated rings. The van der Waals surface area contributed by atoms with Gasteiger partial charge in [-0.05, 0) is 35.2 Å². The number of rotatable bonds is 13. The van der Waals surface area contributed by atoms with Crippen LogP contribution in [0.1, 0.15) is 27.0 Å². The van der Waals surface area contributed by atoms with Crippen molar-refractivity contribution in [2.24, 2.45) is 0 Å². The largest absolute Gasteiger partial charge is 0.480 e. The van der Waals surface area contributed by atoms with Gasteiger partial charge in [0.05, 0.1) is 10.6 Å². The van der Waals surface area contributed by atoms with Crippen LogP contribution in [0.25, 0.3) is 11.3 Å². The molecule has 4 aromatic carbocycles. The number of nitro benzene ring substituents is 1. The maximum atomic E-state index is 12.9. The quantitative estimate of drug-likeness (QED) is 0.117. The molecule has 10 heteroatoms. The van der Waals surface area contributed by atoms with Crippen molar-refractivity contribution < 1.29 is 19.6 Å². The Balaban J connectivity index is 1.31. The fraction of sp³-hybridized carbons (Fsp3) is 0.147. The number of anilines is 1. The Bertz CT molecular complexity index is 1730. The molecule has 1 aromatic heterocycles. The van der Waals surface area contributed by atoms with Gasteiger partial charge in [-0.2, -0.15) is 0 Å². The average molecular weight is 607 g/mol. The number of hydrogen-bond acceptors (Lipinski definition) is 7. The van der Waals surface area contributed by atoms with Gasteiger partial charge in [0.15, 0.2) is 5.13 Å². The predicted octanol–water partition coefficient (Wildman–Crippen LogP) is 6.39. The molecule has 5 rings (SSSR count). The highest BCUT2D eigenvalue weighted by atomic mass is 32.1. The number of non-ortho nitro benzene ring substituents is 1. The molecule has 0 spiro atoms. The van der Waals surface area contributed by atoms with Crippen LogP contribution in [0.15, 0.2) is 115 Å². The lowest BCUT2D eigenvalue weighted by Gasteiger charge is -2.22. The van der Waals surface area contributed by atoms with E-state index in [0.717, 1.165) is 22.7 Å². The molecule has 0 saturated carbocycles. The number of carboxylic acids is 1. The molecule has 2 N–H and O–H groups in total. The minimum absolute atomic E-state index is 0.0110. The minimum Gasteiger partial charge on any atom is -0.480 e. The maximum Gasteiger partial charge on any atom is 0.326 e. The van der Waals surface area contributed by atoms with Gasteiger partial charge in [-0.1, -0.05) is 84.9 Å². The molecular formula is C34H30N4O5S. The lowest BCUT2D eigenvalue weighted by Crippen LogP contribution is -2.42. The van der Waals surface area contributed by atoms with Crippen LogP contribution in [-0.2, 0) is 24.2 Å². The number of nitrogens with zero attached hydrogens (tertiary/aromatic N) is 3. The van der Waals surface area contributed by atoms with Crippen LogP contribution in [0.3, 0.4) is 0 Å². The lowest BCUT2D eigenvalue weighted by molar-refractivity contribution is -0.384. The molecule has 44 heavy (non-hydrogen) atoms. The Kier molecular flexibility index (Phi) is 9.73. The van der Waals surface area contributed by atoms with Crippen LogP contribution in [0.4, 0.5) is 10.8 Å². The van der Waals surface area contributed by atoms with Crippen LogP contribution in [0, 0.1) is 10.1 Å². The lowest BCUT2D eigenvalue weighted by atomic mass is 10.0. The molecule has 9 nitrogen and oxygen atoms in total. The van der Waals surface area contributed by atoms with Gasteiger partial charge in [-0.15, -0.1) is 11.3 Å². The number of thiazole rings is 1. The number of carbonyl (C=O) groups excluding carboxylic acids is 1. The van der Waals surface area contributed by atoms with Crippen LogP contribution in [-0.4, -0.2) is 39.5 Å². The van der Waals surface area contributed by atoms with E-state index < -0.39 is 22.8 Å². The van der Waals surface area contributed by atoms with E-state index in [-0.39, 0.29) is 12.1 Å². The molecule has 0 saturated heterocycles.